The highest BCUT2D eigenvalue weighted by Crippen LogP contribution is 2.25. The summed E-state index contributed by atoms with van der Waals surface area (Å²) in [6, 6.07) is 14.1. The van der Waals surface area contributed by atoms with Crippen molar-refractivity contribution < 1.29 is 17.7 Å². The van der Waals surface area contributed by atoms with Gasteiger partial charge >= 0.3 is 0 Å². The second-order valence-corrected chi connectivity index (χ2v) is 7.72. The van der Waals surface area contributed by atoms with Crippen molar-refractivity contribution in [3.8, 4) is 17.1 Å². The minimum absolute atomic E-state index is 0.203. The van der Waals surface area contributed by atoms with Crippen LogP contribution in [0.15, 0.2) is 57.9 Å². The third-order valence-corrected chi connectivity index (χ3v) is 5.56. The molecule has 26 heavy (non-hydrogen) atoms. The van der Waals surface area contributed by atoms with E-state index < -0.39 is 10.0 Å². The molecule has 0 aliphatic carbocycles. The molecule has 1 aromatic heterocycles. The van der Waals surface area contributed by atoms with E-state index in [1.807, 2.05) is 25.1 Å². The van der Waals surface area contributed by atoms with Gasteiger partial charge in [0.05, 0.1) is 17.7 Å². The highest BCUT2D eigenvalue weighted by Gasteiger charge is 2.18. The third kappa shape index (κ3) is 3.95. The molecule has 0 saturated heterocycles. The van der Waals surface area contributed by atoms with Gasteiger partial charge in [-0.2, -0.15) is 0 Å². The van der Waals surface area contributed by atoms with E-state index in [-0.39, 0.29) is 11.4 Å². The predicted octanol–water partition coefficient (Wildman–Crippen LogP) is 3.45. The molecular formula is C19H20N2O4S. The number of nitrogens with zero attached hydrogens (tertiary/aromatic N) is 1. The molecule has 0 aliphatic rings. The number of aryl methyl sites for hydroxylation is 2. The fourth-order valence-corrected chi connectivity index (χ4v) is 3.85. The van der Waals surface area contributed by atoms with Crippen molar-refractivity contribution in [1.82, 2.24) is 9.88 Å². The van der Waals surface area contributed by atoms with Gasteiger partial charge in [0.25, 0.3) is 0 Å². The Hall–Kier alpha value is -2.64. The Kier molecular flexibility index (Phi) is 5.11. The van der Waals surface area contributed by atoms with Crippen molar-refractivity contribution in [2.45, 2.75) is 25.3 Å². The molecule has 0 atom stereocenters. The monoisotopic (exact) mass is 372 g/mol. The summed E-state index contributed by atoms with van der Waals surface area (Å²) >= 11 is 0. The lowest BCUT2D eigenvalue weighted by Crippen LogP contribution is -2.24. The fourth-order valence-electron chi connectivity index (χ4n) is 2.60. The Morgan fingerprint density at radius 3 is 2.38 bits per heavy atom. The molecule has 1 N–H and O–H groups in total. The summed E-state index contributed by atoms with van der Waals surface area (Å²) in [6.07, 6.45) is 0. The molecule has 6 nitrogen and oxygen atoms in total. The topological polar surface area (TPSA) is 81.4 Å². The maximum absolute atomic E-state index is 12.6. The molecular weight excluding hydrogens is 352 g/mol. The van der Waals surface area contributed by atoms with Crippen LogP contribution in [-0.2, 0) is 16.6 Å². The van der Waals surface area contributed by atoms with Crippen LogP contribution in [-0.4, -0.2) is 20.7 Å². The van der Waals surface area contributed by atoms with Crippen LogP contribution in [0.1, 0.15) is 16.8 Å². The standard InChI is InChI=1S/C19H20N2O4S/c1-13-10-16(18-11-14(2)21-25-18)6-9-19(13)26(22,23)20-12-15-4-7-17(24-3)8-5-15/h4-11,20H,12H2,1-3H3. The number of ether oxygens (including phenoxy) is 1. The van der Waals surface area contributed by atoms with Crippen LogP contribution < -0.4 is 9.46 Å². The second kappa shape index (κ2) is 7.31. The van der Waals surface area contributed by atoms with E-state index in [1.54, 1.807) is 44.4 Å². The number of methoxy groups -OCH3 is 1. The Morgan fingerprint density at radius 1 is 1.08 bits per heavy atom. The maximum Gasteiger partial charge on any atom is 0.241 e. The van der Waals surface area contributed by atoms with Crippen molar-refractivity contribution in [1.29, 1.82) is 0 Å². The summed E-state index contributed by atoms with van der Waals surface area (Å²) in [4.78, 5) is 0.242. The number of hydrogen-bond donors (Lipinski definition) is 1. The largest absolute Gasteiger partial charge is 0.497 e. The summed E-state index contributed by atoms with van der Waals surface area (Å²) in [5.74, 6) is 1.34. The van der Waals surface area contributed by atoms with Crippen molar-refractivity contribution in [3.63, 3.8) is 0 Å². The number of rotatable bonds is 6. The number of hydrogen-bond acceptors (Lipinski definition) is 5. The lowest BCUT2D eigenvalue weighted by Gasteiger charge is -2.10. The molecule has 0 bridgehead atoms. The minimum Gasteiger partial charge on any atom is -0.497 e. The van der Waals surface area contributed by atoms with Crippen LogP contribution >= 0.6 is 0 Å². The van der Waals surface area contributed by atoms with E-state index in [4.69, 9.17) is 9.26 Å². The Labute approximate surface area is 152 Å². The van der Waals surface area contributed by atoms with Gasteiger partial charge in [-0.3, -0.25) is 0 Å². The molecule has 3 rings (SSSR count). The zero-order chi connectivity index (χ0) is 18.7. The molecule has 3 aromatic rings. The molecule has 0 radical (unpaired) electrons. The van der Waals surface area contributed by atoms with E-state index in [9.17, 15) is 8.42 Å². The zero-order valence-corrected chi connectivity index (χ0v) is 15.6. The molecule has 0 amide bonds. The van der Waals surface area contributed by atoms with E-state index in [1.165, 1.54) is 0 Å². The average Bonchev–Trinajstić information content (AvgIpc) is 3.06. The van der Waals surface area contributed by atoms with Crippen LogP contribution in [0.3, 0.4) is 0 Å². The number of nitrogens with one attached hydrogen (secondary N) is 1. The molecule has 136 valence electrons. The molecule has 0 unspecified atom stereocenters. The Bertz CT molecular complexity index is 1010. The van der Waals surface area contributed by atoms with E-state index in [2.05, 4.69) is 9.88 Å². The van der Waals surface area contributed by atoms with Crippen molar-refractivity contribution in [3.05, 3.63) is 65.4 Å². The van der Waals surface area contributed by atoms with Gasteiger partial charge < -0.3 is 9.26 Å². The van der Waals surface area contributed by atoms with Gasteiger partial charge in [0.1, 0.15) is 5.75 Å². The van der Waals surface area contributed by atoms with E-state index in [0.29, 0.717) is 11.3 Å². The average molecular weight is 372 g/mol. The van der Waals surface area contributed by atoms with Gasteiger partial charge in [-0.25, -0.2) is 13.1 Å². The maximum atomic E-state index is 12.6. The van der Waals surface area contributed by atoms with Gasteiger partial charge in [-0.05, 0) is 55.3 Å². The predicted molar refractivity (Wildman–Crippen MR) is 98.4 cm³/mol. The van der Waals surface area contributed by atoms with Gasteiger partial charge in [-0.15, -0.1) is 0 Å². The second-order valence-electron chi connectivity index (χ2n) is 5.99. The molecule has 0 spiro atoms. The zero-order valence-electron chi connectivity index (χ0n) is 14.8. The van der Waals surface area contributed by atoms with Crippen molar-refractivity contribution in [2.75, 3.05) is 7.11 Å². The van der Waals surface area contributed by atoms with Crippen molar-refractivity contribution in [2.24, 2.45) is 0 Å². The van der Waals surface area contributed by atoms with Gasteiger partial charge in [0.2, 0.25) is 10.0 Å². The highest BCUT2D eigenvalue weighted by atomic mass is 32.2. The molecule has 0 fully saturated rings. The van der Waals surface area contributed by atoms with Gasteiger partial charge in [0.15, 0.2) is 5.76 Å². The lowest BCUT2D eigenvalue weighted by atomic mass is 10.1. The minimum atomic E-state index is -3.63. The summed E-state index contributed by atoms with van der Waals surface area (Å²) < 4.78 is 38.2. The van der Waals surface area contributed by atoms with Gasteiger partial charge in [0, 0.05) is 18.2 Å². The van der Waals surface area contributed by atoms with Gasteiger partial charge in [-0.1, -0.05) is 17.3 Å². The number of aromatic nitrogens is 1. The van der Waals surface area contributed by atoms with Crippen LogP contribution in [0, 0.1) is 13.8 Å². The molecule has 7 heteroatoms. The molecule has 0 aliphatic heterocycles. The molecule has 2 aromatic carbocycles. The van der Waals surface area contributed by atoms with Crippen LogP contribution in [0.4, 0.5) is 0 Å². The first-order chi connectivity index (χ1) is 12.4. The molecule has 1 heterocycles. The summed E-state index contributed by atoms with van der Waals surface area (Å²) in [7, 11) is -2.04. The van der Waals surface area contributed by atoms with E-state index >= 15 is 0 Å². The number of benzene rings is 2. The van der Waals surface area contributed by atoms with Crippen LogP contribution in [0.5, 0.6) is 5.75 Å². The van der Waals surface area contributed by atoms with E-state index in [0.717, 1.165) is 22.6 Å². The lowest BCUT2D eigenvalue weighted by molar-refractivity contribution is 0.414. The van der Waals surface area contributed by atoms with Crippen LogP contribution in [0.25, 0.3) is 11.3 Å². The first-order valence-corrected chi connectivity index (χ1v) is 9.54. The van der Waals surface area contributed by atoms with Crippen LogP contribution in [0.2, 0.25) is 0 Å². The fraction of sp³-hybridized carbons (Fsp3) is 0.211. The summed E-state index contributed by atoms with van der Waals surface area (Å²) in [5.41, 5.74) is 3.05. The Balaban J connectivity index is 1.77. The first-order valence-electron chi connectivity index (χ1n) is 8.06. The normalized spacial score (nSPS) is 11.5. The quantitative estimate of drug-likeness (QED) is 0.717. The Morgan fingerprint density at radius 2 is 1.81 bits per heavy atom. The number of sulfonamides is 1. The van der Waals surface area contributed by atoms with Crippen molar-refractivity contribution >= 4 is 10.0 Å². The highest BCUT2D eigenvalue weighted by molar-refractivity contribution is 7.89. The summed E-state index contributed by atoms with van der Waals surface area (Å²) in [6.45, 7) is 3.80. The third-order valence-electron chi connectivity index (χ3n) is 4.00. The molecule has 0 saturated carbocycles. The first kappa shape index (κ1) is 18.2. The summed E-state index contributed by atoms with van der Waals surface area (Å²) in [5, 5.41) is 3.85. The smallest absolute Gasteiger partial charge is 0.241 e. The SMILES string of the molecule is COc1ccc(CNS(=O)(=O)c2ccc(-c3cc(C)no3)cc2C)cc1.